The van der Waals surface area contributed by atoms with Crippen LogP contribution >= 0.6 is 0 Å². The maximum Gasteiger partial charge on any atom is 0.410 e. The largest absolute Gasteiger partial charge is 0.481 e. The van der Waals surface area contributed by atoms with Crippen LogP contribution in [0.3, 0.4) is 0 Å². The van der Waals surface area contributed by atoms with Crippen molar-refractivity contribution in [1.82, 2.24) is 4.90 Å². The topological polar surface area (TPSA) is 66.8 Å². The molecule has 7 heteroatoms. The first-order valence-electron chi connectivity index (χ1n) is 6.11. The standard InChI is InChI=1S/C12H17F2NO4/c1-10(2,3)19-9(18)15-5-4-7-11(6-15,8(16)17)12(7,13)14/h7H,4-6H2,1-3H3,(H,16,17)/t7-,11-/m0/s1. The van der Waals surface area contributed by atoms with E-state index in [0.717, 1.165) is 4.90 Å². The van der Waals surface area contributed by atoms with Crippen molar-refractivity contribution in [2.75, 3.05) is 13.1 Å². The van der Waals surface area contributed by atoms with Crippen molar-refractivity contribution in [2.45, 2.75) is 38.7 Å². The zero-order chi connectivity index (χ0) is 14.6. The van der Waals surface area contributed by atoms with E-state index in [4.69, 9.17) is 9.84 Å². The van der Waals surface area contributed by atoms with Gasteiger partial charge in [-0.1, -0.05) is 0 Å². The quantitative estimate of drug-likeness (QED) is 0.795. The van der Waals surface area contributed by atoms with E-state index in [1.165, 1.54) is 0 Å². The molecule has 1 aliphatic heterocycles. The van der Waals surface area contributed by atoms with E-state index in [2.05, 4.69) is 0 Å². The molecule has 1 aliphatic carbocycles. The normalized spacial score (nSPS) is 32.5. The molecule has 0 unspecified atom stereocenters. The first-order chi connectivity index (χ1) is 8.52. The molecule has 1 saturated carbocycles. The minimum absolute atomic E-state index is 0.0153. The van der Waals surface area contributed by atoms with Gasteiger partial charge in [-0.25, -0.2) is 13.6 Å². The lowest BCUT2D eigenvalue weighted by Crippen LogP contribution is -2.46. The molecule has 1 saturated heterocycles. The number of aliphatic carboxylic acids is 1. The van der Waals surface area contributed by atoms with Gasteiger partial charge in [0, 0.05) is 19.0 Å². The third-order valence-corrected chi connectivity index (χ3v) is 3.71. The summed E-state index contributed by atoms with van der Waals surface area (Å²) in [4.78, 5) is 24.0. The van der Waals surface area contributed by atoms with Gasteiger partial charge in [-0.05, 0) is 27.2 Å². The molecule has 0 bridgehead atoms. The summed E-state index contributed by atoms with van der Waals surface area (Å²) in [6, 6.07) is 0. The van der Waals surface area contributed by atoms with Crippen molar-refractivity contribution in [3.8, 4) is 0 Å². The van der Waals surface area contributed by atoms with Crippen molar-refractivity contribution in [2.24, 2.45) is 11.3 Å². The zero-order valence-corrected chi connectivity index (χ0v) is 11.1. The summed E-state index contributed by atoms with van der Waals surface area (Å²) in [6.45, 7) is 4.60. The van der Waals surface area contributed by atoms with Gasteiger partial charge in [-0.3, -0.25) is 4.79 Å². The van der Waals surface area contributed by atoms with E-state index in [-0.39, 0.29) is 13.0 Å². The van der Waals surface area contributed by atoms with Crippen LogP contribution in [0.5, 0.6) is 0 Å². The fourth-order valence-electron chi connectivity index (χ4n) is 2.68. The number of hydrogen-bond acceptors (Lipinski definition) is 3. The zero-order valence-electron chi connectivity index (χ0n) is 11.1. The van der Waals surface area contributed by atoms with Gasteiger partial charge < -0.3 is 14.7 Å². The lowest BCUT2D eigenvalue weighted by molar-refractivity contribution is -0.149. The summed E-state index contributed by atoms with van der Waals surface area (Å²) < 4.78 is 32.3. The second-order valence-electron chi connectivity index (χ2n) is 6.14. The number of carboxylic acids is 1. The Morgan fingerprint density at radius 2 is 1.95 bits per heavy atom. The average Bonchev–Trinajstić information content (AvgIpc) is 2.75. The molecule has 2 aliphatic rings. The second-order valence-corrected chi connectivity index (χ2v) is 6.14. The van der Waals surface area contributed by atoms with Crippen molar-refractivity contribution in [3.05, 3.63) is 0 Å². The Balaban J connectivity index is 2.13. The Morgan fingerprint density at radius 3 is 2.42 bits per heavy atom. The highest BCUT2D eigenvalue weighted by atomic mass is 19.3. The molecule has 1 heterocycles. The number of ether oxygens (including phenoxy) is 1. The number of carbonyl (C=O) groups excluding carboxylic acids is 1. The highest BCUT2D eigenvalue weighted by Crippen LogP contribution is 2.69. The molecule has 0 spiro atoms. The highest BCUT2D eigenvalue weighted by Gasteiger charge is 2.86. The molecule has 2 rings (SSSR count). The molecule has 1 N–H and O–H groups in total. The van der Waals surface area contributed by atoms with Crippen LogP contribution in [0.2, 0.25) is 0 Å². The van der Waals surface area contributed by atoms with Crippen molar-refractivity contribution < 1.29 is 28.2 Å². The molecule has 5 nitrogen and oxygen atoms in total. The number of carbonyl (C=O) groups is 2. The van der Waals surface area contributed by atoms with Gasteiger partial charge in [0.15, 0.2) is 5.41 Å². The second kappa shape index (κ2) is 3.80. The summed E-state index contributed by atoms with van der Waals surface area (Å²) in [5, 5.41) is 9.05. The number of piperidine rings is 1. The molecule has 108 valence electrons. The number of hydrogen-bond donors (Lipinski definition) is 1. The van der Waals surface area contributed by atoms with E-state index in [1.807, 2.05) is 0 Å². The monoisotopic (exact) mass is 277 g/mol. The Labute approximate surface area is 109 Å². The Kier molecular flexibility index (Phi) is 2.80. The van der Waals surface area contributed by atoms with Gasteiger partial charge in [0.2, 0.25) is 0 Å². The summed E-state index contributed by atoms with van der Waals surface area (Å²) in [6.07, 6.45) is -0.757. The molecule has 0 aromatic carbocycles. The molecule has 19 heavy (non-hydrogen) atoms. The SMILES string of the molecule is CC(C)(C)OC(=O)N1CC[C@@H]2C(F)(F)[C@@]2(C(=O)O)C1. The molecule has 2 fully saturated rings. The Hall–Kier alpha value is -1.40. The number of amides is 1. The molecule has 1 amide bonds. The van der Waals surface area contributed by atoms with Crippen LogP contribution < -0.4 is 0 Å². The molecule has 0 aromatic rings. The summed E-state index contributed by atoms with van der Waals surface area (Å²) in [5.41, 5.74) is -2.86. The van der Waals surface area contributed by atoms with E-state index in [1.54, 1.807) is 20.8 Å². The third kappa shape index (κ3) is 1.95. The first kappa shape index (κ1) is 14.0. The summed E-state index contributed by atoms with van der Waals surface area (Å²) in [7, 11) is 0. The van der Waals surface area contributed by atoms with Gasteiger partial charge in [-0.15, -0.1) is 0 Å². The van der Waals surface area contributed by atoms with Crippen molar-refractivity contribution in [3.63, 3.8) is 0 Å². The minimum Gasteiger partial charge on any atom is -0.481 e. The highest BCUT2D eigenvalue weighted by molar-refractivity contribution is 5.83. The smallest absolute Gasteiger partial charge is 0.410 e. The number of halogens is 2. The number of fused-ring (bicyclic) bond motifs is 1. The van der Waals surface area contributed by atoms with Crippen LogP contribution in [-0.4, -0.2) is 46.7 Å². The van der Waals surface area contributed by atoms with Gasteiger partial charge in [0.1, 0.15) is 5.60 Å². The fraction of sp³-hybridized carbons (Fsp3) is 0.833. The minimum atomic E-state index is -3.24. The van der Waals surface area contributed by atoms with E-state index < -0.39 is 41.5 Å². The molecule has 0 radical (unpaired) electrons. The molecular formula is C12H17F2NO4. The number of nitrogens with zero attached hydrogens (tertiary/aromatic N) is 1. The van der Waals surface area contributed by atoms with Crippen molar-refractivity contribution in [1.29, 1.82) is 0 Å². The maximum absolute atomic E-state index is 13.6. The van der Waals surface area contributed by atoms with Crippen LogP contribution in [0.1, 0.15) is 27.2 Å². The van der Waals surface area contributed by atoms with E-state index >= 15 is 0 Å². The van der Waals surface area contributed by atoms with Crippen LogP contribution in [0.4, 0.5) is 13.6 Å². The predicted octanol–water partition coefficient (Wildman–Crippen LogP) is 1.96. The van der Waals surface area contributed by atoms with Crippen LogP contribution in [-0.2, 0) is 9.53 Å². The Bertz CT molecular complexity index is 432. The number of carboxylic acid groups (broad SMARTS) is 1. The molecule has 0 aromatic heterocycles. The maximum atomic E-state index is 13.6. The van der Waals surface area contributed by atoms with Crippen LogP contribution in [0.25, 0.3) is 0 Å². The molecular weight excluding hydrogens is 260 g/mol. The summed E-state index contributed by atoms with van der Waals surface area (Å²) in [5.74, 6) is -5.96. The fourth-order valence-corrected chi connectivity index (χ4v) is 2.68. The number of likely N-dealkylation sites (tertiary alicyclic amines) is 1. The van der Waals surface area contributed by atoms with Gasteiger partial charge in [0.05, 0.1) is 0 Å². The van der Waals surface area contributed by atoms with Gasteiger partial charge >= 0.3 is 12.1 Å². The Morgan fingerprint density at radius 1 is 1.37 bits per heavy atom. The predicted molar refractivity (Wildman–Crippen MR) is 60.9 cm³/mol. The van der Waals surface area contributed by atoms with E-state index in [0.29, 0.717) is 0 Å². The van der Waals surface area contributed by atoms with Gasteiger partial charge in [-0.2, -0.15) is 0 Å². The van der Waals surface area contributed by atoms with Gasteiger partial charge in [0.25, 0.3) is 5.92 Å². The summed E-state index contributed by atoms with van der Waals surface area (Å²) >= 11 is 0. The van der Waals surface area contributed by atoms with Crippen molar-refractivity contribution >= 4 is 12.1 Å². The number of rotatable bonds is 1. The van der Waals surface area contributed by atoms with Crippen LogP contribution in [0.15, 0.2) is 0 Å². The first-order valence-corrected chi connectivity index (χ1v) is 6.11. The third-order valence-electron chi connectivity index (χ3n) is 3.71. The lowest BCUT2D eigenvalue weighted by atomic mass is 9.97. The average molecular weight is 277 g/mol. The van der Waals surface area contributed by atoms with E-state index in [9.17, 15) is 18.4 Å². The van der Waals surface area contributed by atoms with Crippen LogP contribution in [0, 0.1) is 11.3 Å². The number of alkyl halides is 2. The molecule has 2 atom stereocenters. The lowest BCUT2D eigenvalue weighted by Gasteiger charge is -2.31.